The molecule has 0 radical (unpaired) electrons. The van der Waals surface area contributed by atoms with E-state index in [2.05, 4.69) is 186 Å². The van der Waals surface area contributed by atoms with Crippen molar-refractivity contribution in [3.63, 3.8) is 0 Å². The van der Waals surface area contributed by atoms with Gasteiger partial charge in [0.15, 0.2) is 0 Å². The molecule has 0 atom stereocenters. The van der Waals surface area contributed by atoms with E-state index in [1.54, 1.807) is 0 Å². The smallest absolute Gasteiger partial charge is 0.137 e. The lowest BCUT2D eigenvalue weighted by Crippen LogP contribution is -2.57. The van der Waals surface area contributed by atoms with Crippen molar-refractivity contribution in [3.8, 4) is 39.7 Å². The Labute approximate surface area is 353 Å². The lowest BCUT2D eigenvalue weighted by Gasteiger charge is -2.63. The third-order valence-corrected chi connectivity index (χ3v) is 14.3. The van der Waals surface area contributed by atoms with E-state index in [9.17, 15) is 0 Å². The molecule has 8 rings (SSSR count). The highest BCUT2D eigenvalue weighted by Crippen LogP contribution is 2.65. The van der Waals surface area contributed by atoms with Crippen LogP contribution in [-0.2, 0) is 10.8 Å². The van der Waals surface area contributed by atoms with Crippen LogP contribution in [0.1, 0.15) is 115 Å². The first-order chi connectivity index (χ1) is 27.6. The number of fused-ring (bicyclic) bond motifs is 3. The van der Waals surface area contributed by atoms with E-state index in [0.29, 0.717) is 5.41 Å². The minimum atomic E-state index is 0.0329. The summed E-state index contributed by atoms with van der Waals surface area (Å²) < 4.78 is 8.95. The quantitative estimate of drug-likeness (QED) is 0.169. The van der Waals surface area contributed by atoms with Crippen LogP contribution < -0.4 is 4.74 Å². The van der Waals surface area contributed by atoms with Crippen molar-refractivity contribution in [2.75, 3.05) is 0 Å². The summed E-state index contributed by atoms with van der Waals surface area (Å²) in [5, 5.41) is 2.39. The molecule has 1 saturated carbocycles. The van der Waals surface area contributed by atoms with Gasteiger partial charge < -0.3 is 4.74 Å². The molecule has 304 valence electrons. The molecule has 3 aromatic heterocycles. The van der Waals surface area contributed by atoms with E-state index in [1.165, 1.54) is 68.1 Å². The summed E-state index contributed by atoms with van der Waals surface area (Å²) in [4.78, 5) is 9.86. The number of hydrogen-bond donors (Lipinski definition) is 0. The molecule has 1 aliphatic carbocycles. The molecular weight excluding hydrogens is 719 g/mol. The van der Waals surface area contributed by atoms with E-state index < -0.39 is 0 Å². The molecule has 0 saturated heterocycles. The minimum Gasteiger partial charge on any atom is -0.457 e. The van der Waals surface area contributed by atoms with Crippen molar-refractivity contribution < 1.29 is 4.74 Å². The summed E-state index contributed by atoms with van der Waals surface area (Å²) in [5.74, 6) is 2.44. The molecule has 4 aromatic carbocycles. The van der Waals surface area contributed by atoms with Gasteiger partial charge in [0.05, 0.1) is 16.7 Å². The SMILES string of the molecule is Cc1cnc(-n2c3ccc(C(C)(C)C)cc3c3ccc(Oc4cccc(-c5cc(-c6ccc(C7(C)C(C)(C)CC(C)(C)CC7(C)C)cc6C)c(C)cn5)c4)cc32)cc1C. The maximum atomic E-state index is 6.68. The van der Waals surface area contributed by atoms with E-state index in [-0.39, 0.29) is 21.7 Å². The Morgan fingerprint density at radius 3 is 1.95 bits per heavy atom. The monoisotopic (exact) mass is 781 g/mol. The molecule has 3 heterocycles. The van der Waals surface area contributed by atoms with Gasteiger partial charge in [0.25, 0.3) is 0 Å². The lowest BCUT2D eigenvalue weighted by atomic mass is 9.41. The molecular formula is C55H63N3O. The van der Waals surface area contributed by atoms with Gasteiger partial charge in [0.1, 0.15) is 17.3 Å². The van der Waals surface area contributed by atoms with Gasteiger partial charge in [0.2, 0.25) is 0 Å². The second-order valence-electron chi connectivity index (χ2n) is 21.1. The molecule has 0 N–H and O–H groups in total. The number of nitrogens with zero attached hydrogens (tertiary/aromatic N) is 3. The van der Waals surface area contributed by atoms with E-state index in [0.717, 1.165) is 39.6 Å². The Balaban J connectivity index is 1.14. The number of pyridine rings is 2. The van der Waals surface area contributed by atoms with Crippen molar-refractivity contribution in [2.24, 2.45) is 16.2 Å². The van der Waals surface area contributed by atoms with Crippen LogP contribution >= 0.6 is 0 Å². The van der Waals surface area contributed by atoms with Crippen LogP contribution in [0.25, 0.3) is 50.0 Å². The zero-order chi connectivity index (χ0) is 42.4. The Hall–Kier alpha value is -5.22. The van der Waals surface area contributed by atoms with Crippen molar-refractivity contribution >= 4 is 21.8 Å². The van der Waals surface area contributed by atoms with Crippen LogP contribution in [0.4, 0.5) is 0 Å². The largest absolute Gasteiger partial charge is 0.457 e. The summed E-state index contributed by atoms with van der Waals surface area (Å²) in [6, 6.07) is 33.3. The molecule has 0 spiro atoms. The zero-order valence-corrected chi connectivity index (χ0v) is 38.0. The average molecular weight is 782 g/mol. The second kappa shape index (κ2) is 13.9. The molecule has 4 nitrogen and oxygen atoms in total. The summed E-state index contributed by atoms with van der Waals surface area (Å²) >= 11 is 0. The molecule has 1 fully saturated rings. The molecule has 0 amide bonds. The number of aromatic nitrogens is 3. The van der Waals surface area contributed by atoms with Crippen molar-refractivity contribution in [3.05, 3.63) is 137 Å². The predicted molar refractivity (Wildman–Crippen MR) is 249 cm³/mol. The third kappa shape index (κ3) is 6.97. The highest BCUT2D eigenvalue weighted by molar-refractivity contribution is 6.09. The fourth-order valence-electron chi connectivity index (χ4n) is 11.1. The van der Waals surface area contributed by atoms with Crippen molar-refractivity contribution in [1.82, 2.24) is 14.5 Å². The molecule has 7 aromatic rings. The van der Waals surface area contributed by atoms with Crippen LogP contribution in [0, 0.1) is 43.9 Å². The van der Waals surface area contributed by atoms with Gasteiger partial charge >= 0.3 is 0 Å². The van der Waals surface area contributed by atoms with E-state index >= 15 is 0 Å². The number of hydrogen-bond acceptors (Lipinski definition) is 3. The van der Waals surface area contributed by atoms with E-state index in [4.69, 9.17) is 14.7 Å². The van der Waals surface area contributed by atoms with Gasteiger partial charge in [-0.05, 0) is 155 Å². The normalized spacial score (nSPS) is 17.1. The molecule has 0 bridgehead atoms. The topological polar surface area (TPSA) is 39.9 Å². The van der Waals surface area contributed by atoms with Crippen molar-refractivity contribution in [2.45, 2.75) is 121 Å². The average Bonchev–Trinajstić information content (AvgIpc) is 3.47. The first-order valence-corrected chi connectivity index (χ1v) is 21.5. The zero-order valence-electron chi connectivity index (χ0n) is 38.0. The molecule has 0 aliphatic heterocycles. The maximum Gasteiger partial charge on any atom is 0.137 e. The van der Waals surface area contributed by atoms with Gasteiger partial charge in [-0.25, -0.2) is 4.98 Å². The molecule has 59 heavy (non-hydrogen) atoms. The van der Waals surface area contributed by atoms with E-state index in [1.807, 2.05) is 18.5 Å². The summed E-state index contributed by atoms with van der Waals surface area (Å²) in [6.07, 6.45) is 6.40. The first-order valence-electron chi connectivity index (χ1n) is 21.5. The number of benzene rings is 4. The van der Waals surface area contributed by atoms with Gasteiger partial charge in [-0.3, -0.25) is 9.55 Å². The maximum absolute atomic E-state index is 6.68. The lowest BCUT2D eigenvalue weighted by molar-refractivity contribution is -0.0723. The molecule has 0 unspecified atom stereocenters. The predicted octanol–water partition coefficient (Wildman–Crippen LogP) is 15.4. The Kier molecular flexibility index (Phi) is 9.58. The summed E-state index contributed by atoms with van der Waals surface area (Å²) in [5.41, 5.74) is 14.9. The van der Waals surface area contributed by atoms with Crippen LogP contribution in [0.15, 0.2) is 103 Å². The fourth-order valence-corrected chi connectivity index (χ4v) is 11.1. The molecule has 4 heteroatoms. The summed E-state index contributed by atoms with van der Waals surface area (Å²) in [7, 11) is 0. The van der Waals surface area contributed by atoms with Crippen LogP contribution in [0.5, 0.6) is 11.5 Å². The van der Waals surface area contributed by atoms with Crippen LogP contribution in [0.2, 0.25) is 0 Å². The number of aryl methyl sites for hydroxylation is 4. The fraction of sp³-hybridized carbons (Fsp3) is 0.382. The molecule has 1 aliphatic rings. The Morgan fingerprint density at radius 2 is 1.27 bits per heavy atom. The minimum absolute atomic E-state index is 0.0329. The standard InChI is InChI=1S/C55H63N3O/c1-34-25-50(57-30-36(34)3)58-48-23-19-39(51(5,6)7)27-46(48)44-22-20-42(28-49(44)58)59-41-17-15-16-38(26-41)47-29-45(37(4)31-56-47)43-21-18-40(24-35(43)2)55(14)53(10,11)32-52(8,9)33-54(55,12)13/h15-31H,32-33H2,1-14H3. The summed E-state index contributed by atoms with van der Waals surface area (Å²) in [6.45, 7) is 32.9. The second-order valence-corrected chi connectivity index (χ2v) is 21.1. The highest BCUT2D eigenvalue weighted by Gasteiger charge is 2.58. The van der Waals surface area contributed by atoms with Gasteiger partial charge in [0, 0.05) is 40.2 Å². The van der Waals surface area contributed by atoms with Crippen LogP contribution in [-0.4, -0.2) is 14.5 Å². The van der Waals surface area contributed by atoms with Gasteiger partial charge in [-0.1, -0.05) is 106 Å². The van der Waals surface area contributed by atoms with Crippen LogP contribution in [0.3, 0.4) is 0 Å². The number of ether oxygens (including phenoxy) is 1. The van der Waals surface area contributed by atoms with Crippen molar-refractivity contribution in [1.29, 1.82) is 0 Å². The van der Waals surface area contributed by atoms with Gasteiger partial charge in [-0.15, -0.1) is 0 Å². The van der Waals surface area contributed by atoms with Gasteiger partial charge in [-0.2, -0.15) is 0 Å². The third-order valence-electron chi connectivity index (χ3n) is 14.3. The Morgan fingerprint density at radius 1 is 0.576 bits per heavy atom. The highest BCUT2D eigenvalue weighted by atomic mass is 16.5. The number of rotatable bonds is 6. The Bertz CT molecular complexity index is 2750. The first kappa shape index (κ1) is 40.6.